The first kappa shape index (κ1) is 21.2. The summed E-state index contributed by atoms with van der Waals surface area (Å²) < 4.78 is 24.8. The summed E-state index contributed by atoms with van der Waals surface area (Å²) in [5, 5.41) is 4.03. The standard InChI is InChI=1S/C22H25N2O4P/c1-5-27-22(29(26)28-6-2,24-18-9-7-8-15(3)13-18)19-14-17-12-16(4)10-11-20(17)23-21(19)25/h7-14,24H,5-6H2,1-4H3/p+1. The molecule has 2 atom stereocenters. The number of fused-ring (bicyclic) bond motifs is 1. The van der Waals surface area contributed by atoms with Crippen LogP contribution >= 0.6 is 8.03 Å². The number of ether oxygens (including phenoxy) is 1. The zero-order chi connectivity index (χ0) is 21.0. The number of aromatic amines is 1. The topological polar surface area (TPSA) is 80.4 Å². The highest BCUT2D eigenvalue weighted by Gasteiger charge is 2.57. The maximum atomic E-state index is 13.3. The van der Waals surface area contributed by atoms with Crippen molar-refractivity contribution in [2.75, 3.05) is 18.5 Å². The summed E-state index contributed by atoms with van der Waals surface area (Å²) in [6, 6.07) is 15.1. The Morgan fingerprint density at radius 1 is 1.03 bits per heavy atom. The van der Waals surface area contributed by atoms with Crippen molar-refractivity contribution in [3.05, 3.63) is 75.6 Å². The summed E-state index contributed by atoms with van der Waals surface area (Å²) in [5.41, 5.74) is 1.68. The Hall–Kier alpha value is -2.53. The quantitative estimate of drug-likeness (QED) is 0.393. The number of aromatic nitrogens is 1. The Kier molecular flexibility index (Phi) is 6.48. The van der Waals surface area contributed by atoms with Gasteiger partial charge in [0.25, 0.3) is 5.56 Å². The van der Waals surface area contributed by atoms with Gasteiger partial charge in [0.15, 0.2) is 0 Å². The molecule has 0 radical (unpaired) electrons. The summed E-state index contributed by atoms with van der Waals surface area (Å²) in [4.78, 5) is 15.9. The predicted octanol–water partition coefficient (Wildman–Crippen LogP) is 5.18. The van der Waals surface area contributed by atoms with Gasteiger partial charge in [-0.25, -0.2) is 0 Å². The monoisotopic (exact) mass is 413 g/mol. The smallest absolute Gasteiger partial charge is 0.321 e. The fraction of sp³-hybridized carbons (Fsp3) is 0.318. The molecule has 0 fully saturated rings. The van der Waals surface area contributed by atoms with E-state index in [0.29, 0.717) is 11.2 Å². The van der Waals surface area contributed by atoms with Crippen molar-refractivity contribution in [1.82, 2.24) is 4.98 Å². The number of rotatable bonds is 8. The first-order chi connectivity index (χ1) is 13.9. The molecule has 3 aromatic rings. The van der Waals surface area contributed by atoms with E-state index in [1.165, 1.54) is 0 Å². The van der Waals surface area contributed by atoms with Crippen molar-refractivity contribution in [3.63, 3.8) is 0 Å². The molecule has 29 heavy (non-hydrogen) atoms. The molecule has 0 aliphatic carbocycles. The highest BCUT2D eigenvalue weighted by atomic mass is 31.1. The third kappa shape index (κ3) is 4.40. The number of hydrogen-bond acceptors (Lipinski definition) is 5. The number of anilines is 1. The third-order valence-electron chi connectivity index (χ3n) is 4.55. The van der Waals surface area contributed by atoms with E-state index in [1.54, 1.807) is 19.9 Å². The molecule has 0 saturated carbocycles. The summed E-state index contributed by atoms with van der Waals surface area (Å²) in [5.74, 6) is 0. The molecule has 3 rings (SSSR count). The van der Waals surface area contributed by atoms with Gasteiger partial charge in [0.2, 0.25) is 0 Å². The minimum Gasteiger partial charge on any atom is -0.321 e. The Morgan fingerprint density at radius 3 is 2.48 bits per heavy atom. The molecule has 0 aliphatic rings. The van der Waals surface area contributed by atoms with Crippen LogP contribution in [-0.4, -0.2) is 18.2 Å². The Morgan fingerprint density at radius 2 is 1.79 bits per heavy atom. The van der Waals surface area contributed by atoms with E-state index < -0.39 is 13.5 Å². The number of benzene rings is 2. The van der Waals surface area contributed by atoms with Crippen LogP contribution in [0.5, 0.6) is 0 Å². The number of H-pyrrole nitrogens is 1. The van der Waals surface area contributed by atoms with E-state index in [1.807, 2.05) is 56.3 Å². The first-order valence-corrected chi connectivity index (χ1v) is 10.8. The van der Waals surface area contributed by atoms with Crippen molar-refractivity contribution < 1.29 is 13.8 Å². The highest BCUT2D eigenvalue weighted by Crippen LogP contribution is 2.48. The Balaban J connectivity index is 2.25. The van der Waals surface area contributed by atoms with Gasteiger partial charge in [-0.2, -0.15) is 0 Å². The molecule has 1 heterocycles. The van der Waals surface area contributed by atoms with Gasteiger partial charge in [-0.15, -0.1) is 4.52 Å². The second-order valence-electron chi connectivity index (χ2n) is 6.85. The van der Waals surface area contributed by atoms with Crippen LogP contribution in [-0.2, 0) is 19.3 Å². The molecular weight excluding hydrogens is 387 g/mol. The van der Waals surface area contributed by atoms with Crippen LogP contribution in [0.1, 0.15) is 30.5 Å². The maximum absolute atomic E-state index is 13.3. The van der Waals surface area contributed by atoms with Crippen LogP contribution in [0.2, 0.25) is 0 Å². The summed E-state index contributed by atoms with van der Waals surface area (Å²) >= 11 is 0. The fourth-order valence-corrected chi connectivity index (χ4v) is 4.53. The van der Waals surface area contributed by atoms with E-state index in [2.05, 4.69) is 10.3 Å². The lowest BCUT2D eigenvalue weighted by atomic mass is 10.1. The molecule has 2 unspecified atom stereocenters. The van der Waals surface area contributed by atoms with Gasteiger partial charge in [-0.1, -0.05) is 23.8 Å². The van der Waals surface area contributed by atoms with Crippen LogP contribution in [0.25, 0.3) is 10.9 Å². The second-order valence-corrected chi connectivity index (χ2v) is 8.25. The average molecular weight is 413 g/mol. The molecule has 2 N–H and O–H groups in total. The van der Waals surface area contributed by atoms with Crippen molar-refractivity contribution in [2.45, 2.75) is 33.2 Å². The van der Waals surface area contributed by atoms with E-state index in [-0.39, 0.29) is 24.3 Å². The molecule has 0 aliphatic heterocycles. The van der Waals surface area contributed by atoms with Crippen LogP contribution in [0, 0.1) is 13.8 Å². The number of nitrogens with one attached hydrogen (secondary N) is 2. The predicted molar refractivity (Wildman–Crippen MR) is 117 cm³/mol. The Bertz CT molecular complexity index is 1100. The lowest BCUT2D eigenvalue weighted by molar-refractivity contribution is 0.0347. The van der Waals surface area contributed by atoms with Crippen LogP contribution in [0.4, 0.5) is 5.69 Å². The highest BCUT2D eigenvalue weighted by molar-refractivity contribution is 7.40. The molecule has 2 aromatic carbocycles. The van der Waals surface area contributed by atoms with Gasteiger partial charge in [0, 0.05) is 11.2 Å². The molecular formula is C22H26N2O4P+. The average Bonchev–Trinajstić information content (AvgIpc) is 2.67. The number of pyridine rings is 1. The van der Waals surface area contributed by atoms with Crippen LogP contribution in [0.3, 0.4) is 0 Å². The summed E-state index contributed by atoms with van der Waals surface area (Å²) in [6.07, 6.45) is 0. The number of hydrogen-bond donors (Lipinski definition) is 2. The molecule has 1 aromatic heterocycles. The van der Waals surface area contributed by atoms with E-state index in [0.717, 1.165) is 16.5 Å². The molecule has 0 bridgehead atoms. The summed E-state index contributed by atoms with van der Waals surface area (Å²) in [6.45, 7) is 7.95. The lowest BCUT2D eigenvalue weighted by Gasteiger charge is -2.24. The van der Waals surface area contributed by atoms with E-state index >= 15 is 0 Å². The zero-order valence-electron chi connectivity index (χ0n) is 17.1. The van der Waals surface area contributed by atoms with E-state index in [9.17, 15) is 9.36 Å². The van der Waals surface area contributed by atoms with Gasteiger partial charge in [0.05, 0.1) is 13.2 Å². The molecule has 0 amide bonds. The summed E-state index contributed by atoms with van der Waals surface area (Å²) in [7, 11) is -2.43. The minimum absolute atomic E-state index is 0.216. The van der Waals surface area contributed by atoms with Gasteiger partial charge >= 0.3 is 13.5 Å². The van der Waals surface area contributed by atoms with Gasteiger partial charge in [0.1, 0.15) is 5.56 Å². The molecule has 152 valence electrons. The van der Waals surface area contributed by atoms with Gasteiger partial charge < -0.3 is 15.0 Å². The van der Waals surface area contributed by atoms with E-state index in [4.69, 9.17) is 9.26 Å². The third-order valence-corrected chi connectivity index (χ3v) is 6.04. The van der Waals surface area contributed by atoms with Gasteiger partial charge in [-0.3, -0.25) is 4.79 Å². The lowest BCUT2D eigenvalue weighted by Crippen LogP contribution is -2.40. The fourth-order valence-electron chi connectivity index (χ4n) is 3.29. The van der Waals surface area contributed by atoms with Crippen LogP contribution < -0.4 is 10.9 Å². The molecule has 0 spiro atoms. The van der Waals surface area contributed by atoms with Crippen LogP contribution in [0.15, 0.2) is 53.3 Å². The van der Waals surface area contributed by atoms with Crippen molar-refractivity contribution in [3.8, 4) is 0 Å². The first-order valence-electron chi connectivity index (χ1n) is 9.63. The molecule has 0 saturated heterocycles. The van der Waals surface area contributed by atoms with Crippen molar-refractivity contribution in [1.29, 1.82) is 0 Å². The molecule has 7 heteroatoms. The SMILES string of the molecule is CCO[P+](=O)C(Nc1cccc(C)c1)(OCC)c1cc2cc(C)ccc2[nH]c1=O. The maximum Gasteiger partial charge on any atom is 0.573 e. The molecule has 6 nitrogen and oxygen atoms in total. The minimum atomic E-state index is -2.43. The van der Waals surface area contributed by atoms with Crippen molar-refractivity contribution >= 4 is 24.6 Å². The largest absolute Gasteiger partial charge is 0.573 e. The van der Waals surface area contributed by atoms with Crippen molar-refractivity contribution in [2.24, 2.45) is 0 Å². The van der Waals surface area contributed by atoms with Gasteiger partial charge in [-0.05, 0) is 73.5 Å². The number of aryl methyl sites for hydroxylation is 2. The normalized spacial score (nSPS) is 13.9. The Labute approximate surface area is 171 Å². The zero-order valence-corrected chi connectivity index (χ0v) is 18.0. The second kappa shape index (κ2) is 8.87.